The summed E-state index contributed by atoms with van der Waals surface area (Å²) in [6.45, 7) is 0.622. The van der Waals surface area contributed by atoms with Crippen molar-refractivity contribution < 1.29 is 18.8 Å². The molecule has 0 aliphatic heterocycles. The summed E-state index contributed by atoms with van der Waals surface area (Å²) in [7, 11) is 3.16. The predicted molar refractivity (Wildman–Crippen MR) is 81.1 cm³/mol. The Bertz CT molecular complexity index is 596. The largest absolute Gasteiger partial charge is 0.493 e. The van der Waals surface area contributed by atoms with Gasteiger partial charge in [0.25, 0.3) is 0 Å². The fraction of sp³-hybridized carbons (Fsp3) is 0.375. The van der Waals surface area contributed by atoms with Gasteiger partial charge in [0.2, 0.25) is 5.91 Å². The molecule has 6 nitrogen and oxygen atoms in total. The second-order valence-electron chi connectivity index (χ2n) is 4.85. The van der Waals surface area contributed by atoms with Gasteiger partial charge in [0, 0.05) is 12.1 Å². The standard InChI is InChI=1S/C16H20N2O4/c1-20-14-6-5-12(8-15(14)21-2)9-16(19)17-7-3-4-13-10-18-22-11-13/h5-6,8,10-11H,3-4,7,9H2,1-2H3,(H,17,19). The van der Waals surface area contributed by atoms with E-state index < -0.39 is 0 Å². The second kappa shape index (κ2) is 8.07. The molecule has 0 aliphatic carbocycles. The van der Waals surface area contributed by atoms with Crippen LogP contribution in [0.4, 0.5) is 0 Å². The first kappa shape index (κ1) is 15.9. The third-order valence-corrected chi connectivity index (χ3v) is 3.26. The number of nitrogens with one attached hydrogen (secondary N) is 1. The second-order valence-corrected chi connectivity index (χ2v) is 4.85. The molecule has 1 aromatic heterocycles. The number of rotatable bonds is 8. The summed E-state index contributed by atoms with van der Waals surface area (Å²) in [5, 5.41) is 6.54. The lowest BCUT2D eigenvalue weighted by atomic mass is 10.1. The van der Waals surface area contributed by atoms with E-state index >= 15 is 0 Å². The van der Waals surface area contributed by atoms with Gasteiger partial charge in [-0.25, -0.2) is 0 Å². The maximum Gasteiger partial charge on any atom is 0.224 e. The Hall–Kier alpha value is -2.50. The fourth-order valence-corrected chi connectivity index (χ4v) is 2.11. The van der Waals surface area contributed by atoms with Crippen molar-refractivity contribution in [2.45, 2.75) is 19.3 Å². The molecule has 0 fully saturated rings. The van der Waals surface area contributed by atoms with E-state index in [0.717, 1.165) is 24.0 Å². The molecular weight excluding hydrogens is 284 g/mol. The van der Waals surface area contributed by atoms with Gasteiger partial charge in [-0.15, -0.1) is 0 Å². The van der Waals surface area contributed by atoms with Gasteiger partial charge in [-0.1, -0.05) is 11.2 Å². The van der Waals surface area contributed by atoms with Gasteiger partial charge >= 0.3 is 0 Å². The number of benzene rings is 1. The highest BCUT2D eigenvalue weighted by atomic mass is 16.5. The van der Waals surface area contributed by atoms with Crippen molar-refractivity contribution in [1.82, 2.24) is 10.5 Å². The van der Waals surface area contributed by atoms with E-state index in [1.165, 1.54) is 0 Å². The molecule has 0 saturated heterocycles. The summed E-state index contributed by atoms with van der Waals surface area (Å²) >= 11 is 0. The van der Waals surface area contributed by atoms with Crippen molar-refractivity contribution in [3.63, 3.8) is 0 Å². The molecule has 0 radical (unpaired) electrons. The molecule has 0 saturated carbocycles. The highest BCUT2D eigenvalue weighted by molar-refractivity contribution is 5.78. The maximum absolute atomic E-state index is 11.9. The van der Waals surface area contributed by atoms with E-state index in [2.05, 4.69) is 10.5 Å². The number of nitrogens with zero attached hydrogens (tertiary/aromatic N) is 1. The molecule has 1 heterocycles. The third-order valence-electron chi connectivity index (χ3n) is 3.26. The normalized spacial score (nSPS) is 10.3. The molecule has 1 N–H and O–H groups in total. The third kappa shape index (κ3) is 4.51. The monoisotopic (exact) mass is 304 g/mol. The molecule has 1 amide bonds. The fourth-order valence-electron chi connectivity index (χ4n) is 2.11. The zero-order chi connectivity index (χ0) is 15.8. The minimum Gasteiger partial charge on any atom is -0.493 e. The van der Waals surface area contributed by atoms with Gasteiger partial charge in [-0.3, -0.25) is 4.79 Å². The van der Waals surface area contributed by atoms with Crippen molar-refractivity contribution in [2.24, 2.45) is 0 Å². The molecule has 0 bridgehead atoms. The first-order chi connectivity index (χ1) is 10.7. The topological polar surface area (TPSA) is 73.6 Å². The molecule has 22 heavy (non-hydrogen) atoms. The summed E-state index contributed by atoms with van der Waals surface area (Å²) in [5.74, 6) is 1.26. The number of amides is 1. The quantitative estimate of drug-likeness (QED) is 0.755. The summed E-state index contributed by atoms with van der Waals surface area (Å²) in [5.41, 5.74) is 1.92. The van der Waals surface area contributed by atoms with Crippen LogP contribution in [0.2, 0.25) is 0 Å². The van der Waals surface area contributed by atoms with Crippen LogP contribution in [0.25, 0.3) is 0 Å². The number of aromatic nitrogens is 1. The first-order valence-electron chi connectivity index (χ1n) is 7.08. The number of hydrogen-bond acceptors (Lipinski definition) is 5. The van der Waals surface area contributed by atoms with Crippen LogP contribution in [0.3, 0.4) is 0 Å². The van der Waals surface area contributed by atoms with Crippen molar-refractivity contribution in [2.75, 3.05) is 20.8 Å². The number of carbonyl (C=O) groups excluding carboxylic acids is 1. The Morgan fingerprint density at radius 3 is 2.73 bits per heavy atom. The minimum atomic E-state index is -0.0162. The first-order valence-corrected chi connectivity index (χ1v) is 7.08. The molecule has 6 heteroatoms. The summed E-state index contributed by atoms with van der Waals surface area (Å²) in [6, 6.07) is 5.47. The van der Waals surface area contributed by atoms with E-state index in [9.17, 15) is 4.79 Å². The molecule has 1 aromatic carbocycles. The van der Waals surface area contributed by atoms with E-state index in [0.29, 0.717) is 24.5 Å². The predicted octanol–water partition coefficient (Wildman–Crippen LogP) is 1.98. The van der Waals surface area contributed by atoms with Crippen LogP contribution >= 0.6 is 0 Å². The number of aryl methyl sites for hydroxylation is 1. The van der Waals surface area contributed by atoms with E-state index in [-0.39, 0.29) is 5.91 Å². The average Bonchev–Trinajstić information content (AvgIpc) is 3.04. The molecule has 0 unspecified atom stereocenters. The van der Waals surface area contributed by atoms with Crippen LogP contribution in [0.1, 0.15) is 17.5 Å². The highest BCUT2D eigenvalue weighted by Gasteiger charge is 2.08. The number of ether oxygens (including phenoxy) is 2. The lowest BCUT2D eigenvalue weighted by Gasteiger charge is -2.09. The molecule has 0 atom stereocenters. The van der Waals surface area contributed by atoms with Crippen LogP contribution in [0.15, 0.2) is 35.2 Å². The van der Waals surface area contributed by atoms with E-state index in [1.54, 1.807) is 32.7 Å². The zero-order valence-corrected chi connectivity index (χ0v) is 12.8. The Labute approximate surface area is 129 Å². The molecule has 118 valence electrons. The van der Waals surface area contributed by atoms with Crippen LogP contribution in [0.5, 0.6) is 11.5 Å². The van der Waals surface area contributed by atoms with Gasteiger partial charge in [-0.05, 0) is 30.5 Å². The Kier molecular flexibility index (Phi) is 5.82. The maximum atomic E-state index is 11.9. The Morgan fingerprint density at radius 2 is 2.05 bits per heavy atom. The summed E-state index contributed by atoms with van der Waals surface area (Å²) in [6.07, 6.45) is 5.30. The van der Waals surface area contributed by atoms with Crippen molar-refractivity contribution in [1.29, 1.82) is 0 Å². The van der Waals surface area contributed by atoms with Crippen molar-refractivity contribution in [3.05, 3.63) is 41.8 Å². The lowest BCUT2D eigenvalue weighted by Crippen LogP contribution is -2.26. The number of hydrogen-bond donors (Lipinski definition) is 1. The van der Waals surface area contributed by atoms with Crippen molar-refractivity contribution >= 4 is 5.91 Å². The van der Waals surface area contributed by atoms with Crippen LogP contribution < -0.4 is 14.8 Å². The van der Waals surface area contributed by atoms with E-state index in [1.807, 2.05) is 12.1 Å². The molecule has 2 aromatic rings. The van der Waals surface area contributed by atoms with Crippen LogP contribution in [-0.2, 0) is 17.6 Å². The van der Waals surface area contributed by atoms with Gasteiger partial charge in [0.1, 0.15) is 6.26 Å². The van der Waals surface area contributed by atoms with Crippen LogP contribution in [0, 0.1) is 0 Å². The zero-order valence-electron chi connectivity index (χ0n) is 12.8. The average molecular weight is 304 g/mol. The Balaban J connectivity index is 1.76. The van der Waals surface area contributed by atoms with Gasteiger partial charge < -0.3 is 19.3 Å². The SMILES string of the molecule is COc1ccc(CC(=O)NCCCc2cnoc2)cc1OC. The number of carbonyl (C=O) groups is 1. The minimum absolute atomic E-state index is 0.0162. The lowest BCUT2D eigenvalue weighted by molar-refractivity contribution is -0.120. The molecule has 0 aliphatic rings. The highest BCUT2D eigenvalue weighted by Crippen LogP contribution is 2.27. The summed E-state index contributed by atoms with van der Waals surface area (Å²) in [4.78, 5) is 11.9. The smallest absolute Gasteiger partial charge is 0.224 e. The van der Waals surface area contributed by atoms with Crippen molar-refractivity contribution in [3.8, 4) is 11.5 Å². The van der Waals surface area contributed by atoms with Gasteiger partial charge in [0.15, 0.2) is 11.5 Å². The molecule has 2 rings (SSSR count). The summed E-state index contributed by atoms with van der Waals surface area (Å²) < 4.78 is 15.2. The van der Waals surface area contributed by atoms with Crippen LogP contribution in [-0.4, -0.2) is 31.8 Å². The van der Waals surface area contributed by atoms with Gasteiger partial charge in [-0.2, -0.15) is 0 Å². The molecule has 0 spiro atoms. The number of methoxy groups -OCH3 is 2. The van der Waals surface area contributed by atoms with E-state index in [4.69, 9.17) is 14.0 Å². The Morgan fingerprint density at radius 1 is 1.23 bits per heavy atom. The van der Waals surface area contributed by atoms with Gasteiger partial charge in [0.05, 0.1) is 26.8 Å². The molecular formula is C16H20N2O4.